The minimum Gasteiger partial charge on any atom is -0.132 e. The number of hydrogen-bond acceptors (Lipinski definition) is 0. The van der Waals surface area contributed by atoms with Gasteiger partial charge in [0.2, 0.25) is 0 Å². The first-order valence-corrected chi connectivity index (χ1v) is 2.37. The molecule has 3 radical (unpaired) electrons. The Kier molecular flexibility index (Phi) is 5.12. The van der Waals surface area contributed by atoms with Gasteiger partial charge in [0.1, 0.15) is 0 Å². The molecule has 0 bridgehead atoms. The van der Waals surface area contributed by atoms with E-state index in [2.05, 4.69) is 30.0 Å². The van der Waals surface area contributed by atoms with Crippen LogP contribution < -0.4 is 0 Å². The van der Waals surface area contributed by atoms with Gasteiger partial charge in [-0.3, -0.25) is 0 Å². The molecule has 0 aliphatic heterocycles. The van der Waals surface area contributed by atoms with Gasteiger partial charge in [-0.05, 0) is 5.16 Å². The van der Waals surface area contributed by atoms with Gasteiger partial charge in [-0.2, -0.15) is 0 Å². The molecular weight excluding hydrogens is 154 g/mol. The van der Waals surface area contributed by atoms with Gasteiger partial charge in [-0.25, -0.2) is 0 Å². The monoisotopic (exact) mass is 165 g/mol. The van der Waals surface area contributed by atoms with Crippen molar-refractivity contribution in [3.63, 3.8) is 0 Å². The van der Waals surface area contributed by atoms with Crippen molar-refractivity contribution in [3.8, 4) is 0 Å². The third-order valence-corrected chi connectivity index (χ3v) is 0. The molecule has 2 heteroatoms. The number of hydrogen-bond donors (Lipinski definition) is 0. The van der Waals surface area contributed by atoms with E-state index in [0.29, 0.717) is 5.16 Å². The predicted molar refractivity (Wildman–Crippen MR) is 35.2 cm³/mol. The fraction of sp³-hybridized carbons (Fsp3) is 1.00. The van der Waals surface area contributed by atoms with E-state index in [1.807, 2.05) is 0 Å². The van der Waals surface area contributed by atoms with Crippen LogP contribution in [0.3, 0.4) is 0 Å². The molecule has 1 atom stereocenters. The van der Waals surface area contributed by atoms with Gasteiger partial charge >= 0.3 is 0 Å². The summed E-state index contributed by atoms with van der Waals surface area (Å²) in [7, 11) is 2.72. The molecule has 0 rings (SSSR count). The maximum atomic E-state index is 2.72. The van der Waals surface area contributed by atoms with Gasteiger partial charge in [0.15, 0.2) is 0 Å². The molecule has 6 heavy (non-hydrogen) atoms. The summed E-state index contributed by atoms with van der Waals surface area (Å²) in [6.45, 7) is 6.45. The zero-order valence-electron chi connectivity index (χ0n) is 4.52. The SMILES string of the molecule is CC(C)(C)P.[As]. The minimum absolute atomic E-state index is 0. The minimum atomic E-state index is 0. The Morgan fingerprint density at radius 2 is 1.17 bits per heavy atom. The van der Waals surface area contributed by atoms with Gasteiger partial charge < -0.3 is 0 Å². The van der Waals surface area contributed by atoms with Crippen molar-refractivity contribution >= 4 is 27.2 Å². The fourth-order valence-corrected chi connectivity index (χ4v) is 0. The van der Waals surface area contributed by atoms with Crippen LogP contribution in [0.15, 0.2) is 0 Å². The summed E-state index contributed by atoms with van der Waals surface area (Å²) in [5.41, 5.74) is 0. The van der Waals surface area contributed by atoms with Crippen molar-refractivity contribution < 1.29 is 0 Å². The molecule has 0 spiro atoms. The second-order valence-corrected chi connectivity index (χ2v) is 4.10. The average Bonchev–Trinajstić information content (AvgIpc) is 0.722. The van der Waals surface area contributed by atoms with Crippen molar-refractivity contribution in [2.24, 2.45) is 0 Å². The molecule has 0 heterocycles. The van der Waals surface area contributed by atoms with Crippen molar-refractivity contribution in [2.75, 3.05) is 0 Å². The van der Waals surface area contributed by atoms with Crippen LogP contribution in [-0.4, -0.2) is 23.1 Å². The molecule has 0 aromatic heterocycles. The first kappa shape index (κ1) is 10.1. The second-order valence-electron chi connectivity index (χ2n) is 2.37. The normalized spacial score (nSPS) is 10.0. The molecule has 0 aromatic carbocycles. The van der Waals surface area contributed by atoms with Crippen LogP contribution in [0.1, 0.15) is 20.8 Å². The van der Waals surface area contributed by atoms with Crippen LogP contribution in [0, 0.1) is 0 Å². The fourth-order valence-electron chi connectivity index (χ4n) is 0. The van der Waals surface area contributed by atoms with E-state index in [0.717, 1.165) is 0 Å². The maximum Gasteiger partial charge on any atom is 0 e. The molecular formula is C4H11AsP. The van der Waals surface area contributed by atoms with E-state index < -0.39 is 0 Å². The van der Waals surface area contributed by atoms with E-state index in [-0.39, 0.29) is 18.0 Å². The van der Waals surface area contributed by atoms with Gasteiger partial charge in [0, 0.05) is 18.0 Å². The molecule has 0 aromatic rings. The molecule has 37 valence electrons. The summed E-state index contributed by atoms with van der Waals surface area (Å²) in [4.78, 5) is 0. The predicted octanol–water partition coefficient (Wildman–Crippen LogP) is 1.28. The Balaban J connectivity index is 0. The van der Waals surface area contributed by atoms with Crippen molar-refractivity contribution in [3.05, 3.63) is 0 Å². The zero-order valence-corrected chi connectivity index (χ0v) is 7.56. The summed E-state index contributed by atoms with van der Waals surface area (Å²) in [6, 6.07) is 0. The molecule has 0 saturated heterocycles. The Morgan fingerprint density at radius 3 is 1.17 bits per heavy atom. The molecule has 0 aliphatic rings. The Labute approximate surface area is 53.6 Å². The second kappa shape index (κ2) is 3.05. The summed E-state index contributed by atoms with van der Waals surface area (Å²) in [5.74, 6) is 0. The smallest absolute Gasteiger partial charge is 0 e. The van der Waals surface area contributed by atoms with E-state index in [1.54, 1.807) is 0 Å². The van der Waals surface area contributed by atoms with Crippen LogP contribution in [0.4, 0.5) is 0 Å². The van der Waals surface area contributed by atoms with Gasteiger partial charge in [0.25, 0.3) is 0 Å². The van der Waals surface area contributed by atoms with Crippen molar-refractivity contribution in [1.82, 2.24) is 0 Å². The van der Waals surface area contributed by atoms with E-state index in [4.69, 9.17) is 0 Å². The molecule has 0 saturated carbocycles. The molecule has 0 nitrogen and oxygen atoms in total. The van der Waals surface area contributed by atoms with Gasteiger partial charge in [-0.15, -0.1) is 9.24 Å². The Hall–Kier alpha value is 0.988. The first-order valence-electron chi connectivity index (χ1n) is 1.79. The zero-order chi connectivity index (χ0) is 4.50. The van der Waals surface area contributed by atoms with Crippen LogP contribution in [-0.2, 0) is 0 Å². The summed E-state index contributed by atoms with van der Waals surface area (Å²) < 4.78 is 0. The topological polar surface area (TPSA) is 0 Å². The van der Waals surface area contributed by atoms with Crippen LogP contribution in [0.25, 0.3) is 0 Å². The molecule has 0 aliphatic carbocycles. The van der Waals surface area contributed by atoms with E-state index in [9.17, 15) is 0 Å². The van der Waals surface area contributed by atoms with Crippen LogP contribution >= 0.6 is 9.24 Å². The Morgan fingerprint density at radius 1 is 1.17 bits per heavy atom. The summed E-state index contributed by atoms with van der Waals surface area (Å²) >= 11 is 0. The molecule has 0 N–H and O–H groups in total. The van der Waals surface area contributed by atoms with Crippen LogP contribution in [0.5, 0.6) is 0 Å². The van der Waals surface area contributed by atoms with Crippen LogP contribution in [0.2, 0.25) is 0 Å². The number of rotatable bonds is 0. The maximum absolute atomic E-state index is 2.72. The largest absolute Gasteiger partial charge is 0.132 e. The van der Waals surface area contributed by atoms with Crippen molar-refractivity contribution in [2.45, 2.75) is 25.9 Å². The summed E-state index contributed by atoms with van der Waals surface area (Å²) in [5, 5.41) is 0.417. The van der Waals surface area contributed by atoms with Gasteiger partial charge in [-0.1, -0.05) is 20.8 Å². The quantitative estimate of drug-likeness (QED) is 0.374. The molecule has 1 unspecified atom stereocenters. The Bertz CT molecular complexity index is 23.0. The third kappa shape index (κ3) is 81.2. The summed E-state index contributed by atoms with van der Waals surface area (Å²) in [6.07, 6.45) is 0. The van der Waals surface area contributed by atoms with E-state index in [1.165, 1.54) is 0 Å². The molecule has 0 fully saturated rings. The average molecular weight is 165 g/mol. The third-order valence-electron chi connectivity index (χ3n) is 0. The first-order chi connectivity index (χ1) is 2.00. The van der Waals surface area contributed by atoms with Crippen molar-refractivity contribution in [1.29, 1.82) is 0 Å². The van der Waals surface area contributed by atoms with Gasteiger partial charge in [0.05, 0.1) is 0 Å². The molecule has 0 amide bonds. The van der Waals surface area contributed by atoms with E-state index >= 15 is 0 Å². The standard InChI is InChI=1S/C4H11P.As/c1-4(2,3)5;/h5H2,1-3H3;.